The predicted octanol–water partition coefficient (Wildman–Crippen LogP) is 4.41. The van der Waals surface area contributed by atoms with Crippen molar-refractivity contribution >= 4 is 29.1 Å². The van der Waals surface area contributed by atoms with Gasteiger partial charge in [-0.3, -0.25) is 9.59 Å². The van der Waals surface area contributed by atoms with E-state index in [0.717, 1.165) is 32.2 Å². The molecule has 0 fully saturated rings. The minimum atomic E-state index is -0.177. The highest BCUT2D eigenvalue weighted by Crippen LogP contribution is 2.27. The fraction of sp³-hybridized carbons (Fsp3) is 0.474. The summed E-state index contributed by atoms with van der Waals surface area (Å²) in [6, 6.07) is 6.99. The van der Waals surface area contributed by atoms with Crippen molar-refractivity contribution in [3.8, 4) is 0 Å². The Bertz CT molecular complexity index is 623. The molecule has 0 aromatic heterocycles. The number of likely N-dealkylation sites (N-methyl/N-ethyl adjacent to an activating group) is 1. The average molecular weight is 349 g/mol. The highest BCUT2D eigenvalue weighted by Gasteiger charge is 2.25. The van der Waals surface area contributed by atoms with E-state index in [9.17, 15) is 9.59 Å². The molecular formula is C19H25ClN2O2. The molecule has 1 aromatic carbocycles. The standard InChI is InChI=1S/C19H25ClN2O2/c1-3-4-13-22(2)19(24)17-8-6-5-7-16(17)18(23)21-15-11-9-14(20)10-12-15/h9-12H,3-8,13H2,1-2H3,(H,21,23). The van der Waals surface area contributed by atoms with Crippen LogP contribution in [0.5, 0.6) is 0 Å². The quantitative estimate of drug-likeness (QED) is 0.827. The maximum Gasteiger partial charge on any atom is 0.252 e. The van der Waals surface area contributed by atoms with E-state index in [1.54, 1.807) is 29.2 Å². The molecule has 0 saturated carbocycles. The van der Waals surface area contributed by atoms with Gasteiger partial charge in [-0.1, -0.05) is 24.9 Å². The van der Waals surface area contributed by atoms with Crippen molar-refractivity contribution in [3.63, 3.8) is 0 Å². The topological polar surface area (TPSA) is 49.4 Å². The Morgan fingerprint density at radius 2 is 1.75 bits per heavy atom. The maximum absolute atomic E-state index is 12.7. The number of amides is 2. The monoisotopic (exact) mass is 348 g/mol. The highest BCUT2D eigenvalue weighted by atomic mass is 35.5. The maximum atomic E-state index is 12.7. The van der Waals surface area contributed by atoms with Gasteiger partial charge in [-0.05, 0) is 56.4 Å². The molecule has 4 nitrogen and oxygen atoms in total. The van der Waals surface area contributed by atoms with Crippen LogP contribution in [-0.4, -0.2) is 30.3 Å². The molecule has 1 aliphatic carbocycles. The zero-order valence-corrected chi connectivity index (χ0v) is 15.2. The van der Waals surface area contributed by atoms with Crippen LogP contribution in [0.3, 0.4) is 0 Å². The molecule has 130 valence electrons. The van der Waals surface area contributed by atoms with Gasteiger partial charge in [0.25, 0.3) is 5.91 Å². The van der Waals surface area contributed by atoms with Gasteiger partial charge in [0.05, 0.1) is 0 Å². The number of nitrogens with one attached hydrogen (secondary N) is 1. The third-order valence-electron chi connectivity index (χ3n) is 4.30. The number of rotatable bonds is 6. The van der Waals surface area contributed by atoms with Crippen molar-refractivity contribution in [3.05, 3.63) is 40.4 Å². The lowest BCUT2D eigenvalue weighted by atomic mass is 9.90. The molecule has 0 spiro atoms. The van der Waals surface area contributed by atoms with E-state index in [1.165, 1.54) is 0 Å². The van der Waals surface area contributed by atoms with Crippen molar-refractivity contribution in [1.29, 1.82) is 0 Å². The zero-order chi connectivity index (χ0) is 17.5. The van der Waals surface area contributed by atoms with Crippen LogP contribution >= 0.6 is 11.6 Å². The first-order valence-corrected chi connectivity index (χ1v) is 8.95. The SMILES string of the molecule is CCCCN(C)C(=O)C1=C(C(=O)Nc2ccc(Cl)cc2)CCCC1. The molecule has 0 radical (unpaired) electrons. The lowest BCUT2D eigenvalue weighted by Gasteiger charge is -2.24. The van der Waals surface area contributed by atoms with E-state index in [4.69, 9.17) is 11.6 Å². The summed E-state index contributed by atoms with van der Waals surface area (Å²) in [6.45, 7) is 2.83. The Hall–Kier alpha value is -1.81. The summed E-state index contributed by atoms with van der Waals surface area (Å²) < 4.78 is 0. The zero-order valence-electron chi connectivity index (χ0n) is 14.4. The third kappa shape index (κ3) is 4.84. The molecule has 0 saturated heterocycles. The molecule has 0 aliphatic heterocycles. The molecule has 0 heterocycles. The summed E-state index contributed by atoms with van der Waals surface area (Å²) in [5, 5.41) is 3.50. The van der Waals surface area contributed by atoms with Gasteiger partial charge in [-0.2, -0.15) is 0 Å². The summed E-state index contributed by atoms with van der Waals surface area (Å²) >= 11 is 5.87. The molecule has 0 bridgehead atoms. The molecule has 1 aromatic rings. The first-order chi connectivity index (χ1) is 11.5. The number of hydrogen-bond donors (Lipinski definition) is 1. The van der Waals surface area contributed by atoms with Gasteiger partial charge >= 0.3 is 0 Å². The number of carbonyl (C=O) groups excluding carboxylic acids is 2. The third-order valence-corrected chi connectivity index (χ3v) is 4.55. The lowest BCUT2D eigenvalue weighted by molar-refractivity contribution is -0.126. The fourth-order valence-electron chi connectivity index (χ4n) is 2.86. The largest absolute Gasteiger partial charge is 0.342 e. The minimum absolute atomic E-state index is 0.00981. The Kier molecular flexibility index (Phi) is 6.85. The van der Waals surface area contributed by atoms with Crippen molar-refractivity contribution in [2.45, 2.75) is 45.4 Å². The molecule has 2 rings (SSSR count). The average Bonchev–Trinajstić information content (AvgIpc) is 2.61. The number of halogens is 1. The van der Waals surface area contributed by atoms with Crippen LogP contribution in [0.4, 0.5) is 5.69 Å². The van der Waals surface area contributed by atoms with Crippen LogP contribution in [0.1, 0.15) is 45.4 Å². The van der Waals surface area contributed by atoms with E-state index in [-0.39, 0.29) is 11.8 Å². The molecule has 0 atom stereocenters. The number of unbranched alkanes of at least 4 members (excludes halogenated alkanes) is 1. The van der Waals surface area contributed by atoms with Crippen LogP contribution in [0.25, 0.3) is 0 Å². The lowest BCUT2D eigenvalue weighted by Crippen LogP contribution is -2.32. The first-order valence-electron chi connectivity index (χ1n) is 8.57. The number of hydrogen-bond acceptors (Lipinski definition) is 2. The Morgan fingerprint density at radius 3 is 2.38 bits per heavy atom. The van der Waals surface area contributed by atoms with Crippen LogP contribution in [0.15, 0.2) is 35.4 Å². The molecule has 5 heteroatoms. The van der Waals surface area contributed by atoms with Crippen molar-refractivity contribution in [2.75, 3.05) is 18.9 Å². The Morgan fingerprint density at radius 1 is 1.12 bits per heavy atom. The van der Waals surface area contributed by atoms with Gasteiger partial charge in [0.1, 0.15) is 0 Å². The number of benzene rings is 1. The normalized spacial score (nSPS) is 14.5. The van der Waals surface area contributed by atoms with E-state index in [2.05, 4.69) is 12.2 Å². The highest BCUT2D eigenvalue weighted by molar-refractivity contribution is 6.30. The van der Waals surface area contributed by atoms with Gasteiger partial charge < -0.3 is 10.2 Å². The van der Waals surface area contributed by atoms with Gasteiger partial charge in [-0.25, -0.2) is 0 Å². The summed E-state index contributed by atoms with van der Waals surface area (Å²) in [7, 11) is 1.81. The summed E-state index contributed by atoms with van der Waals surface area (Å²) in [5.41, 5.74) is 1.99. The Balaban J connectivity index is 2.16. The van der Waals surface area contributed by atoms with Crippen LogP contribution < -0.4 is 5.32 Å². The number of carbonyl (C=O) groups is 2. The van der Waals surface area contributed by atoms with Gasteiger partial charge in [0.15, 0.2) is 0 Å². The molecule has 1 aliphatic rings. The van der Waals surface area contributed by atoms with Gasteiger partial charge in [0.2, 0.25) is 5.91 Å². The summed E-state index contributed by atoms with van der Waals surface area (Å²) in [5.74, 6) is -0.186. The second kappa shape index (κ2) is 8.88. The van der Waals surface area contributed by atoms with Crippen LogP contribution in [-0.2, 0) is 9.59 Å². The summed E-state index contributed by atoms with van der Waals surface area (Å²) in [6.07, 6.45) is 5.25. The molecular weight excluding hydrogens is 324 g/mol. The van der Waals surface area contributed by atoms with Crippen molar-refractivity contribution < 1.29 is 9.59 Å². The van der Waals surface area contributed by atoms with Gasteiger partial charge in [0, 0.05) is 35.4 Å². The fourth-order valence-corrected chi connectivity index (χ4v) is 2.98. The van der Waals surface area contributed by atoms with E-state index < -0.39 is 0 Å². The number of nitrogens with zero attached hydrogens (tertiary/aromatic N) is 1. The van der Waals surface area contributed by atoms with E-state index in [0.29, 0.717) is 34.7 Å². The molecule has 1 N–H and O–H groups in total. The van der Waals surface area contributed by atoms with E-state index in [1.807, 2.05) is 7.05 Å². The second-order valence-electron chi connectivity index (χ2n) is 6.21. The van der Waals surface area contributed by atoms with Crippen LogP contribution in [0, 0.1) is 0 Å². The van der Waals surface area contributed by atoms with Crippen molar-refractivity contribution in [2.24, 2.45) is 0 Å². The molecule has 0 unspecified atom stereocenters. The Labute approximate surface area is 148 Å². The molecule has 24 heavy (non-hydrogen) atoms. The predicted molar refractivity (Wildman–Crippen MR) is 98.1 cm³/mol. The van der Waals surface area contributed by atoms with Crippen LogP contribution in [0.2, 0.25) is 5.02 Å². The van der Waals surface area contributed by atoms with Gasteiger partial charge in [-0.15, -0.1) is 0 Å². The summed E-state index contributed by atoms with van der Waals surface area (Å²) in [4.78, 5) is 27.1. The smallest absolute Gasteiger partial charge is 0.252 e. The minimum Gasteiger partial charge on any atom is -0.342 e. The number of anilines is 1. The van der Waals surface area contributed by atoms with Crippen molar-refractivity contribution in [1.82, 2.24) is 4.90 Å². The van der Waals surface area contributed by atoms with E-state index >= 15 is 0 Å². The molecule has 2 amide bonds. The second-order valence-corrected chi connectivity index (χ2v) is 6.64. The first kappa shape index (κ1) is 18.5.